The van der Waals surface area contributed by atoms with Crippen molar-refractivity contribution in [1.82, 2.24) is 9.80 Å². The molecule has 2 amide bonds. The molecule has 0 aliphatic carbocycles. The van der Waals surface area contributed by atoms with Crippen LogP contribution in [0.15, 0.2) is 30.3 Å². The number of nitrogens with zero attached hydrogens (tertiary/aromatic N) is 2. The predicted octanol–water partition coefficient (Wildman–Crippen LogP) is 0.936. The van der Waals surface area contributed by atoms with E-state index in [4.69, 9.17) is 4.74 Å². The van der Waals surface area contributed by atoms with E-state index in [0.717, 1.165) is 5.56 Å². The molecule has 5 nitrogen and oxygen atoms in total. The van der Waals surface area contributed by atoms with Crippen LogP contribution in [0.1, 0.15) is 12.0 Å². The zero-order valence-corrected chi connectivity index (χ0v) is 12.5. The third-order valence-corrected chi connectivity index (χ3v) is 3.70. The molecular formula is C16H22N2O3. The van der Waals surface area contributed by atoms with Crippen molar-refractivity contribution in [2.24, 2.45) is 0 Å². The van der Waals surface area contributed by atoms with Crippen molar-refractivity contribution in [3.8, 4) is 0 Å². The minimum Gasteiger partial charge on any atom is -0.384 e. The standard InChI is InChI=1S/C16H22N2O3/c1-21-12-7-15(19)17-8-10-18(11-9-17)16(20)13-14-5-3-2-4-6-14/h2-6H,7-13H2,1H3. The van der Waals surface area contributed by atoms with Crippen molar-refractivity contribution in [2.75, 3.05) is 39.9 Å². The lowest BCUT2D eigenvalue weighted by Gasteiger charge is -2.35. The first-order valence-corrected chi connectivity index (χ1v) is 7.29. The van der Waals surface area contributed by atoms with E-state index in [1.807, 2.05) is 40.1 Å². The van der Waals surface area contributed by atoms with Crippen molar-refractivity contribution >= 4 is 11.8 Å². The van der Waals surface area contributed by atoms with E-state index in [-0.39, 0.29) is 11.8 Å². The number of methoxy groups -OCH3 is 1. The van der Waals surface area contributed by atoms with Gasteiger partial charge in [-0.15, -0.1) is 0 Å². The SMILES string of the molecule is COCCC(=O)N1CCN(C(=O)Cc2ccccc2)CC1. The summed E-state index contributed by atoms with van der Waals surface area (Å²) < 4.78 is 4.92. The molecule has 0 N–H and O–H groups in total. The van der Waals surface area contributed by atoms with Crippen molar-refractivity contribution < 1.29 is 14.3 Å². The molecular weight excluding hydrogens is 268 g/mol. The minimum absolute atomic E-state index is 0.104. The second-order valence-corrected chi connectivity index (χ2v) is 5.17. The fourth-order valence-corrected chi connectivity index (χ4v) is 2.44. The van der Waals surface area contributed by atoms with Crippen LogP contribution in [-0.2, 0) is 20.7 Å². The Bertz CT molecular complexity index is 468. The van der Waals surface area contributed by atoms with Gasteiger partial charge in [-0.05, 0) is 5.56 Å². The number of rotatable bonds is 5. The highest BCUT2D eigenvalue weighted by Crippen LogP contribution is 2.08. The quantitative estimate of drug-likeness (QED) is 0.811. The second kappa shape index (κ2) is 7.78. The van der Waals surface area contributed by atoms with E-state index >= 15 is 0 Å². The first-order valence-electron chi connectivity index (χ1n) is 7.29. The minimum atomic E-state index is 0.104. The van der Waals surface area contributed by atoms with Gasteiger partial charge in [0.05, 0.1) is 19.4 Å². The van der Waals surface area contributed by atoms with Crippen LogP contribution in [0.25, 0.3) is 0 Å². The maximum Gasteiger partial charge on any atom is 0.227 e. The number of benzene rings is 1. The van der Waals surface area contributed by atoms with Gasteiger partial charge >= 0.3 is 0 Å². The molecule has 21 heavy (non-hydrogen) atoms. The van der Waals surface area contributed by atoms with Gasteiger partial charge in [-0.2, -0.15) is 0 Å². The average Bonchev–Trinajstić information content (AvgIpc) is 2.53. The number of piperazine rings is 1. The van der Waals surface area contributed by atoms with Crippen LogP contribution in [0.5, 0.6) is 0 Å². The van der Waals surface area contributed by atoms with Crippen LogP contribution in [0.3, 0.4) is 0 Å². The van der Waals surface area contributed by atoms with E-state index in [9.17, 15) is 9.59 Å². The van der Waals surface area contributed by atoms with Crippen molar-refractivity contribution in [3.63, 3.8) is 0 Å². The molecule has 1 heterocycles. The van der Waals surface area contributed by atoms with Crippen molar-refractivity contribution in [2.45, 2.75) is 12.8 Å². The Hall–Kier alpha value is -1.88. The van der Waals surface area contributed by atoms with Crippen molar-refractivity contribution in [1.29, 1.82) is 0 Å². The Morgan fingerprint density at radius 2 is 1.57 bits per heavy atom. The van der Waals surface area contributed by atoms with Crippen LogP contribution in [-0.4, -0.2) is 61.5 Å². The summed E-state index contributed by atoms with van der Waals surface area (Å²) in [6, 6.07) is 9.74. The summed E-state index contributed by atoms with van der Waals surface area (Å²) in [5.74, 6) is 0.234. The van der Waals surface area contributed by atoms with Gasteiger partial charge in [0, 0.05) is 33.3 Å². The number of hydrogen-bond donors (Lipinski definition) is 0. The van der Waals surface area contributed by atoms with E-state index in [1.54, 1.807) is 7.11 Å². The van der Waals surface area contributed by atoms with Crippen LogP contribution in [0, 0.1) is 0 Å². The molecule has 0 radical (unpaired) electrons. The Balaban J connectivity index is 1.78. The maximum absolute atomic E-state index is 12.2. The summed E-state index contributed by atoms with van der Waals surface area (Å²) in [6.45, 7) is 2.91. The average molecular weight is 290 g/mol. The lowest BCUT2D eigenvalue weighted by Crippen LogP contribution is -2.51. The smallest absolute Gasteiger partial charge is 0.227 e. The predicted molar refractivity (Wildman–Crippen MR) is 79.8 cm³/mol. The number of carbonyl (C=O) groups is 2. The molecule has 1 aromatic carbocycles. The molecule has 0 bridgehead atoms. The molecule has 1 saturated heterocycles. The molecule has 1 aromatic rings. The molecule has 0 spiro atoms. The lowest BCUT2D eigenvalue weighted by molar-refractivity contribution is -0.139. The van der Waals surface area contributed by atoms with E-state index < -0.39 is 0 Å². The Kier molecular flexibility index (Phi) is 5.75. The van der Waals surface area contributed by atoms with Crippen LogP contribution in [0.4, 0.5) is 0 Å². The summed E-state index contributed by atoms with van der Waals surface area (Å²) in [7, 11) is 1.59. The van der Waals surface area contributed by atoms with Crippen molar-refractivity contribution in [3.05, 3.63) is 35.9 Å². The number of carbonyl (C=O) groups excluding carboxylic acids is 2. The largest absolute Gasteiger partial charge is 0.384 e. The van der Waals surface area contributed by atoms with Gasteiger partial charge in [0.25, 0.3) is 0 Å². The monoisotopic (exact) mass is 290 g/mol. The molecule has 0 saturated carbocycles. The molecule has 0 atom stereocenters. The highest BCUT2D eigenvalue weighted by Gasteiger charge is 2.23. The molecule has 1 fully saturated rings. The summed E-state index contributed by atoms with van der Waals surface area (Å²) in [5, 5.41) is 0. The summed E-state index contributed by atoms with van der Waals surface area (Å²) in [5.41, 5.74) is 1.03. The van der Waals surface area contributed by atoms with E-state index in [1.165, 1.54) is 0 Å². The normalized spacial score (nSPS) is 15.1. The summed E-state index contributed by atoms with van der Waals surface area (Å²) >= 11 is 0. The molecule has 0 aromatic heterocycles. The fraction of sp³-hybridized carbons (Fsp3) is 0.500. The van der Waals surface area contributed by atoms with Crippen LogP contribution in [0.2, 0.25) is 0 Å². The molecule has 1 aliphatic rings. The van der Waals surface area contributed by atoms with Gasteiger partial charge in [0.2, 0.25) is 11.8 Å². The van der Waals surface area contributed by atoms with Gasteiger partial charge in [-0.25, -0.2) is 0 Å². The zero-order chi connectivity index (χ0) is 15.1. The maximum atomic E-state index is 12.2. The van der Waals surface area contributed by atoms with Crippen LogP contribution >= 0.6 is 0 Å². The summed E-state index contributed by atoms with van der Waals surface area (Å²) in [6.07, 6.45) is 0.840. The Morgan fingerprint density at radius 3 is 2.14 bits per heavy atom. The Labute approximate surface area is 125 Å². The third-order valence-electron chi connectivity index (χ3n) is 3.70. The van der Waals surface area contributed by atoms with Gasteiger partial charge in [0.1, 0.15) is 0 Å². The highest BCUT2D eigenvalue weighted by molar-refractivity contribution is 5.80. The lowest BCUT2D eigenvalue weighted by atomic mass is 10.1. The van der Waals surface area contributed by atoms with Gasteiger partial charge in [-0.3, -0.25) is 9.59 Å². The topological polar surface area (TPSA) is 49.9 Å². The van der Waals surface area contributed by atoms with Gasteiger partial charge < -0.3 is 14.5 Å². The molecule has 0 unspecified atom stereocenters. The number of amides is 2. The number of hydrogen-bond acceptors (Lipinski definition) is 3. The first kappa shape index (κ1) is 15.5. The third kappa shape index (κ3) is 4.56. The molecule has 1 aliphatic heterocycles. The van der Waals surface area contributed by atoms with Gasteiger partial charge in [0.15, 0.2) is 0 Å². The first-order chi connectivity index (χ1) is 10.2. The fourth-order valence-electron chi connectivity index (χ4n) is 2.44. The molecule has 5 heteroatoms. The van der Waals surface area contributed by atoms with Crippen LogP contribution < -0.4 is 0 Å². The zero-order valence-electron chi connectivity index (χ0n) is 12.5. The number of ether oxygens (including phenoxy) is 1. The highest BCUT2D eigenvalue weighted by atomic mass is 16.5. The second-order valence-electron chi connectivity index (χ2n) is 5.17. The van der Waals surface area contributed by atoms with E-state index in [0.29, 0.717) is 45.6 Å². The molecule has 114 valence electrons. The summed E-state index contributed by atoms with van der Waals surface area (Å²) in [4.78, 5) is 27.7. The Morgan fingerprint density at radius 1 is 1.00 bits per heavy atom. The van der Waals surface area contributed by atoms with E-state index in [2.05, 4.69) is 0 Å². The molecule has 2 rings (SSSR count). The van der Waals surface area contributed by atoms with Gasteiger partial charge in [-0.1, -0.05) is 30.3 Å².